The van der Waals surface area contributed by atoms with E-state index in [1.165, 1.54) is 5.56 Å². The lowest BCUT2D eigenvalue weighted by Crippen LogP contribution is -2.15. The van der Waals surface area contributed by atoms with Gasteiger partial charge in [-0.05, 0) is 32.8 Å². The minimum atomic E-state index is -0.0361. The van der Waals surface area contributed by atoms with Gasteiger partial charge in [0.05, 0.1) is 12.7 Å². The Morgan fingerprint density at radius 1 is 1.50 bits per heavy atom. The number of hydrogen-bond donors (Lipinski definition) is 1. The summed E-state index contributed by atoms with van der Waals surface area (Å²) in [5.41, 5.74) is 8.30. The van der Waals surface area contributed by atoms with Crippen molar-refractivity contribution in [3.8, 4) is 11.8 Å². The predicted molar refractivity (Wildman–Crippen MR) is 71.2 cm³/mol. The van der Waals surface area contributed by atoms with E-state index >= 15 is 0 Å². The van der Waals surface area contributed by atoms with Crippen LogP contribution in [0.15, 0.2) is 18.2 Å². The Labute approximate surface area is 109 Å². The van der Waals surface area contributed by atoms with Crippen LogP contribution in [0.5, 0.6) is 5.75 Å². The Morgan fingerprint density at radius 2 is 2.22 bits per heavy atom. The number of ether oxygens (including phenoxy) is 1. The monoisotopic (exact) mass is 244 g/mol. The van der Waals surface area contributed by atoms with Crippen molar-refractivity contribution in [2.45, 2.75) is 39.2 Å². The number of nitriles is 1. The quantitative estimate of drug-likeness (QED) is 0.865. The van der Waals surface area contributed by atoms with Gasteiger partial charge in [-0.3, -0.25) is 0 Å². The molecule has 18 heavy (non-hydrogen) atoms. The van der Waals surface area contributed by atoms with Crippen molar-refractivity contribution >= 4 is 0 Å². The number of aryl methyl sites for hydroxylation is 1. The van der Waals surface area contributed by atoms with Gasteiger partial charge in [-0.15, -0.1) is 0 Å². The number of benzene rings is 1. The summed E-state index contributed by atoms with van der Waals surface area (Å²) in [6.45, 7) is 4.64. The molecule has 0 heterocycles. The molecule has 3 nitrogen and oxygen atoms in total. The standard InChI is InChI=1S/C15H20N2O/c1-11-3-4-14(13(9-11)12(2)17)18-10-15(5-6-15)7-8-16/h3-4,9,12H,5-7,10,17H2,1-2H3/t12-/m0/s1. The first-order chi connectivity index (χ1) is 8.56. The van der Waals surface area contributed by atoms with Crippen molar-refractivity contribution in [1.82, 2.24) is 0 Å². The third-order valence-corrected chi connectivity index (χ3v) is 3.60. The molecule has 0 amide bonds. The molecule has 96 valence electrons. The van der Waals surface area contributed by atoms with E-state index in [2.05, 4.69) is 12.1 Å². The normalized spacial score (nSPS) is 17.9. The van der Waals surface area contributed by atoms with Crippen LogP contribution in [0.3, 0.4) is 0 Å². The van der Waals surface area contributed by atoms with Gasteiger partial charge in [-0.25, -0.2) is 0 Å². The van der Waals surface area contributed by atoms with Crippen LogP contribution in [0.4, 0.5) is 0 Å². The van der Waals surface area contributed by atoms with Gasteiger partial charge < -0.3 is 10.5 Å². The van der Waals surface area contributed by atoms with Gasteiger partial charge in [0.15, 0.2) is 0 Å². The molecule has 1 saturated carbocycles. The molecule has 3 heteroatoms. The van der Waals surface area contributed by atoms with Crippen LogP contribution in [0, 0.1) is 23.7 Å². The molecule has 0 saturated heterocycles. The predicted octanol–water partition coefficient (Wildman–Crippen LogP) is 3.09. The number of nitrogens with two attached hydrogens (primary N) is 1. The lowest BCUT2D eigenvalue weighted by atomic mass is 10.0. The number of hydrogen-bond acceptors (Lipinski definition) is 3. The van der Waals surface area contributed by atoms with Crippen LogP contribution < -0.4 is 10.5 Å². The fourth-order valence-electron chi connectivity index (χ4n) is 2.10. The molecule has 0 unspecified atom stereocenters. The van der Waals surface area contributed by atoms with Crippen molar-refractivity contribution in [1.29, 1.82) is 5.26 Å². The SMILES string of the molecule is Cc1ccc(OCC2(CC#N)CC2)c([C@H](C)N)c1. The first-order valence-electron chi connectivity index (χ1n) is 6.42. The molecule has 2 N–H and O–H groups in total. The second-order valence-electron chi connectivity index (χ2n) is 5.45. The zero-order valence-corrected chi connectivity index (χ0v) is 11.1. The minimum absolute atomic E-state index is 0.0361. The van der Waals surface area contributed by atoms with E-state index in [4.69, 9.17) is 15.7 Å². The average Bonchev–Trinajstić information content (AvgIpc) is 3.08. The summed E-state index contributed by atoms with van der Waals surface area (Å²) in [5, 5.41) is 8.79. The Bertz CT molecular complexity index is 470. The molecule has 0 spiro atoms. The highest BCUT2D eigenvalue weighted by molar-refractivity contribution is 5.38. The minimum Gasteiger partial charge on any atom is -0.493 e. The maximum Gasteiger partial charge on any atom is 0.124 e. The van der Waals surface area contributed by atoms with Crippen molar-refractivity contribution in [3.05, 3.63) is 29.3 Å². The van der Waals surface area contributed by atoms with E-state index in [-0.39, 0.29) is 11.5 Å². The third kappa shape index (κ3) is 2.83. The summed E-state index contributed by atoms with van der Waals surface area (Å²) in [4.78, 5) is 0. The van der Waals surface area contributed by atoms with Gasteiger partial charge in [0.2, 0.25) is 0 Å². The maximum absolute atomic E-state index is 8.79. The maximum atomic E-state index is 8.79. The van der Waals surface area contributed by atoms with E-state index in [1.54, 1.807) is 0 Å². The highest BCUT2D eigenvalue weighted by Crippen LogP contribution is 2.48. The summed E-state index contributed by atoms with van der Waals surface area (Å²) in [6.07, 6.45) is 2.78. The Hall–Kier alpha value is -1.53. The summed E-state index contributed by atoms with van der Waals surface area (Å²) in [6, 6.07) is 8.30. The first kappa shape index (κ1) is 12.9. The van der Waals surface area contributed by atoms with Crippen LogP contribution >= 0.6 is 0 Å². The van der Waals surface area contributed by atoms with Crippen molar-refractivity contribution in [2.24, 2.45) is 11.1 Å². The Balaban J connectivity index is 2.08. The molecule has 1 aromatic rings. The van der Waals surface area contributed by atoms with E-state index in [0.29, 0.717) is 13.0 Å². The van der Waals surface area contributed by atoms with Gasteiger partial charge in [0.1, 0.15) is 5.75 Å². The highest BCUT2D eigenvalue weighted by atomic mass is 16.5. The molecular weight excluding hydrogens is 224 g/mol. The van der Waals surface area contributed by atoms with E-state index in [1.807, 2.05) is 26.0 Å². The molecule has 0 radical (unpaired) electrons. The van der Waals surface area contributed by atoms with Crippen molar-refractivity contribution in [3.63, 3.8) is 0 Å². The number of rotatable bonds is 5. The fraction of sp³-hybridized carbons (Fsp3) is 0.533. The van der Waals surface area contributed by atoms with Crippen LogP contribution in [-0.4, -0.2) is 6.61 Å². The van der Waals surface area contributed by atoms with Gasteiger partial charge in [-0.2, -0.15) is 5.26 Å². The Kier molecular flexibility index (Phi) is 3.58. The zero-order valence-electron chi connectivity index (χ0n) is 11.1. The zero-order chi connectivity index (χ0) is 13.2. The largest absolute Gasteiger partial charge is 0.493 e. The second kappa shape index (κ2) is 4.99. The van der Waals surface area contributed by atoms with Crippen LogP contribution in [-0.2, 0) is 0 Å². The summed E-state index contributed by atoms with van der Waals surface area (Å²) in [5.74, 6) is 0.861. The van der Waals surface area contributed by atoms with Crippen molar-refractivity contribution in [2.75, 3.05) is 6.61 Å². The molecule has 1 aliphatic carbocycles. The fourth-order valence-corrected chi connectivity index (χ4v) is 2.10. The number of nitrogens with zero attached hydrogens (tertiary/aromatic N) is 1. The smallest absolute Gasteiger partial charge is 0.124 e. The summed E-state index contributed by atoms with van der Waals surface area (Å²) >= 11 is 0. The molecule has 1 fully saturated rings. The molecule has 0 bridgehead atoms. The molecule has 1 atom stereocenters. The second-order valence-corrected chi connectivity index (χ2v) is 5.45. The van der Waals surface area contributed by atoms with Crippen molar-refractivity contribution < 1.29 is 4.74 Å². The summed E-state index contributed by atoms with van der Waals surface area (Å²) in [7, 11) is 0. The van der Waals surface area contributed by atoms with Gasteiger partial charge in [0.25, 0.3) is 0 Å². The molecule has 1 aliphatic rings. The Morgan fingerprint density at radius 3 is 2.78 bits per heavy atom. The van der Waals surface area contributed by atoms with E-state index in [0.717, 1.165) is 24.2 Å². The lowest BCUT2D eigenvalue weighted by Gasteiger charge is -2.18. The third-order valence-electron chi connectivity index (χ3n) is 3.60. The topological polar surface area (TPSA) is 59.0 Å². The van der Waals surface area contributed by atoms with E-state index < -0.39 is 0 Å². The lowest BCUT2D eigenvalue weighted by molar-refractivity contribution is 0.234. The average molecular weight is 244 g/mol. The van der Waals surface area contributed by atoms with Crippen LogP contribution in [0.25, 0.3) is 0 Å². The molecule has 0 aromatic heterocycles. The first-order valence-corrected chi connectivity index (χ1v) is 6.42. The van der Waals surface area contributed by atoms with Crippen LogP contribution in [0.2, 0.25) is 0 Å². The van der Waals surface area contributed by atoms with Crippen LogP contribution in [0.1, 0.15) is 43.4 Å². The van der Waals surface area contributed by atoms with Gasteiger partial charge in [0, 0.05) is 23.4 Å². The molecular formula is C15H20N2O. The summed E-state index contributed by atoms with van der Waals surface area (Å²) < 4.78 is 5.90. The van der Waals surface area contributed by atoms with E-state index in [9.17, 15) is 0 Å². The van der Waals surface area contributed by atoms with Gasteiger partial charge >= 0.3 is 0 Å². The molecule has 1 aromatic carbocycles. The molecule has 0 aliphatic heterocycles. The van der Waals surface area contributed by atoms with Gasteiger partial charge in [-0.1, -0.05) is 17.7 Å². The molecule has 2 rings (SSSR count). The highest BCUT2D eigenvalue weighted by Gasteiger charge is 2.43.